The van der Waals surface area contributed by atoms with Gasteiger partial charge in [0.15, 0.2) is 0 Å². The molecule has 1 saturated carbocycles. The molecule has 1 aliphatic rings. The van der Waals surface area contributed by atoms with E-state index in [0.29, 0.717) is 12.1 Å². The molecule has 1 aromatic rings. The third-order valence-electron chi connectivity index (χ3n) is 3.81. The minimum absolute atomic E-state index is 0.213. The Kier molecular flexibility index (Phi) is 5.87. The average Bonchev–Trinajstić information content (AvgIpc) is 3.26. The molecule has 2 rings (SSSR count). The van der Waals surface area contributed by atoms with Gasteiger partial charge in [-0.05, 0) is 50.4 Å². The highest BCUT2D eigenvalue weighted by molar-refractivity contribution is 9.10. The van der Waals surface area contributed by atoms with Crippen molar-refractivity contribution >= 4 is 21.6 Å². The van der Waals surface area contributed by atoms with E-state index in [-0.39, 0.29) is 6.61 Å². The number of halogens is 1. The highest BCUT2D eigenvalue weighted by Gasteiger charge is 2.29. The van der Waals surface area contributed by atoms with Crippen LogP contribution in [0.5, 0.6) is 0 Å². The number of aliphatic hydroxyl groups excluding tert-OH is 1. The zero-order chi connectivity index (χ0) is 14.5. The van der Waals surface area contributed by atoms with Crippen LogP contribution in [0.3, 0.4) is 0 Å². The van der Waals surface area contributed by atoms with Gasteiger partial charge in [-0.15, -0.1) is 0 Å². The lowest BCUT2D eigenvalue weighted by Crippen LogP contribution is -2.29. The van der Waals surface area contributed by atoms with Crippen LogP contribution < -0.4 is 10.2 Å². The third kappa shape index (κ3) is 3.96. The summed E-state index contributed by atoms with van der Waals surface area (Å²) in [6, 6.07) is 7.53. The molecule has 0 amide bonds. The summed E-state index contributed by atoms with van der Waals surface area (Å²) in [7, 11) is 0. The SMILES string of the molecule is CCCNC(C)c1ccc(N(CCO)C2CC2)cc1Br. The van der Waals surface area contributed by atoms with Crippen molar-refractivity contribution in [1.82, 2.24) is 5.32 Å². The van der Waals surface area contributed by atoms with E-state index >= 15 is 0 Å². The minimum atomic E-state index is 0.213. The van der Waals surface area contributed by atoms with Crippen molar-refractivity contribution in [3.63, 3.8) is 0 Å². The number of nitrogens with one attached hydrogen (secondary N) is 1. The molecule has 0 saturated heterocycles. The van der Waals surface area contributed by atoms with E-state index in [2.05, 4.69) is 58.2 Å². The van der Waals surface area contributed by atoms with E-state index < -0.39 is 0 Å². The Balaban J connectivity index is 2.11. The molecular weight excluding hydrogens is 316 g/mol. The predicted octanol–water partition coefficient (Wildman–Crippen LogP) is 3.47. The molecule has 0 heterocycles. The number of hydrogen-bond donors (Lipinski definition) is 2. The zero-order valence-corrected chi connectivity index (χ0v) is 14.0. The first kappa shape index (κ1) is 15.8. The van der Waals surface area contributed by atoms with Crippen LogP contribution in [0.4, 0.5) is 5.69 Å². The number of benzene rings is 1. The van der Waals surface area contributed by atoms with Crippen molar-refractivity contribution in [3.05, 3.63) is 28.2 Å². The van der Waals surface area contributed by atoms with Gasteiger partial charge in [-0.1, -0.05) is 28.9 Å². The van der Waals surface area contributed by atoms with Gasteiger partial charge in [-0.2, -0.15) is 0 Å². The first-order valence-corrected chi connectivity index (χ1v) is 8.37. The molecule has 0 bridgehead atoms. The van der Waals surface area contributed by atoms with Crippen LogP contribution in [0, 0.1) is 0 Å². The third-order valence-corrected chi connectivity index (χ3v) is 4.50. The lowest BCUT2D eigenvalue weighted by molar-refractivity contribution is 0.301. The lowest BCUT2D eigenvalue weighted by Gasteiger charge is -2.25. The molecule has 2 N–H and O–H groups in total. The molecule has 1 unspecified atom stereocenters. The topological polar surface area (TPSA) is 35.5 Å². The Morgan fingerprint density at radius 3 is 2.75 bits per heavy atom. The number of rotatable bonds is 8. The maximum absolute atomic E-state index is 9.22. The van der Waals surface area contributed by atoms with E-state index in [4.69, 9.17) is 0 Å². The predicted molar refractivity (Wildman–Crippen MR) is 88.3 cm³/mol. The Morgan fingerprint density at radius 2 is 2.20 bits per heavy atom. The molecule has 1 fully saturated rings. The Hall–Kier alpha value is -0.580. The first-order chi connectivity index (χ1) is 9.67. The van der Waals surface area contributed by atoms with Crippen LogP contribution in [0.15, 0.2) is 22.7 Å². The normalized spacial score (nSPS) is 16.2. The van der Waals surface area contributed by atoms with Crippen LogP contribution in [0.25, 0.3) is 0 Å². The van der Waals surface area contributed by atoms with Crippen molar-refractivity contribution in [2.75, 3.05) is 24.6 Å². The van der Waals surface area contributed by atoms with Crippen molar-refractivity contribution in [1.29, 1.82) is 0 Å². The molecule has 0 aliphatic heterocycles. The minimum Gasteiger partial charge on any atom is -0.395 e. The fourth-order valence-corrected chi connectivity index (χ4v) is 3.24. The Labute approximate surface area is 130 Å². The summed E-state index contributed by atoms with van der Waals surface area (Å²) in [5.41, 5.74) is 2.50. The second-order valence-corrected chi connectivity index (χ2v) is 6.38. The molecule has 1 atom stereocenters. The number of aliphatic hydroxyl groups is 1. The van der Waals surface area contributed by atoms with Crippen molar-refractivity contribution in [2.24, 2.45) is 0 Å². The molecule has 20 heavy (non-hydrogen) atoms. The zero-order valence-electron chi connectivity index (χ0n) is 12.4. The van der Waals surface area contributed by atoms with E-state index in [1.54, 1.807) is 0 Å². The molecular formula is C16H25BrN2O. The molecule has 0 aromatic heterocycles. The van der Waals surface area contributed by atoms with Crippen LogP contribution in [-0.2, 0) is 0 Å². The van der Waals surface area contributed by atoms with Gasteiger partial charge in [0, 0.05) is 28.8 Å². The van der Waals surface area contributed by atoms with Crippen LogP contribution in [0.2, 0.25) is 0 Å². The second kappa shape index (κ2) is 7.43. The van der Waals surface area contributed by atoms with Gasteiger partial charge < -0.3 is 15.3 Å². The van der Waals surface area contributed by atoms with E-state index in [1.807, 2.05) is 0 Å². The first-order valence-electron chi connectivity index (χ1n) is 7.57. The van der Waals surface area contributed by atoms with Crippen LogP contribution in [-0.4, -0.2) is 30.8 Å². The van der Waals surface area contributed by atoms with Gasteiger partial charge in [0.2, 0.25) is 0 Å². The smallest absolute Gasteiger partial charge is 0.0606 e. The molecule has 4 heteroatoms. The molecule has 0 radical (unpaired) electrons. The average molecular weight is 341 g/mol. The van der Waals surface area contributed by atoms with Crippen molar-refractivity contribution < 1.29 is 5.11 Å². The monoisotopic (exact) mass is 340 g/mol. The molecule has 112 valence electrons. The van der Waals surface area contributed by atoms with Crippen molar-refractivity contribution in [2.45, 2.75) is 45.2 Å². The summed E-state index contributed by atoms with van der Waals surface area (Å²) >= 11 is 3.70. The number of hydrogen-bond acceptors (Lipinski definition) is 3. The van der Waals surface area contributed by atoms with Gasteiger partial charge in [0.25, 0.3) is 0 Å². The van der Waals surface area contributed by atoms with E-state index in [1.165, 1.54) is 24.1 Å². The summed E-state index contributed by atoms with van der Waals surface area (Å²) in [5.74, 6) is 0. The van der Waals surface area contributed by atoms with Gasteiger partial charge in [-0.3, -0.25) is 0 Å². The number of nitrogens with zero attached hydrogens (tertiary/aromatic N) is 1. The fourth-order valence-electron chi connectivity index (χ4n) is 2.53. The van der Waals surface area contributed by atoms with E-state index in [9.17, 15) is 5.11 Å². The standard InChI is InChI=1S/C16H25BrN2O/c1-3-8-18-12(2)15-7-6-14(11-16(15)17)19(9-10-20)13-4-5-13/h6-7,11-13,18,20H,3-5,8-10H2,1-2H3. The maximum Gasteiger partial charge on any atom is 0.0606 e. The van der Waals surface area contributed by atoms with Crippen LogP contribution in [0.1, 0.15) is 44.7 Å². The second-order valence-electron chi connectivity index (χ2n) is 5.53. The summed E-state index contributed by atoms with van der Waals surface area (Å²) < 4.78 is 1.15. The van der Waals surface area contributed by atoms with Gasteiger partial charge in [0.1, 0.15) is 0 Å². The summed E-state index contributed by atoms with van der Waals surface area (Å²) in [4.78, 5) is 2.32. The highest BCUT2D eigenvalue weighted by atomic mass is 79.9. The Bertz CT molecular complexity index is 434. The molecule has 1 aromatic carbocycles. The lowest BCUT2D eigenvalue weighted by atomic mass is 10.1. The van der Waals surface area contributed by atoms with E-state index in [0.717, 1.165) is 24.0 Å². The number of anilines is 1. The van der Waals surface area contributed by atoms with Crippen LogP contribution >= 0.6 is 15.9 Å². The Morgan fingerprint density at radius 1 is 1.45 bits per heavy atom. The summed E-state index contributed by atoms with van der Waals surface area (Å²) in [6.07, 6.45) is 3.63. The molecule has 0 spiro atoms. The molecule has 1 aliphatic carbocycles. The summed E-state index contributed by atoms with van der Waals surface area (Å²) in [6.45, 7) is 6.35. The highest BCUT2D eigenvalue weighted by Crippen LogP contribution is 2.34. The molecule has 3 nitrogen and oxygen atoms in total. The fraction of sp³-hybridized carbons (Fsp3) is 0.625. The van der Waals surface area contributed by atoms with Gasteiger partial charge in [-0.25, -0.2) is 0 Å². The van der Waals surface area contributed by atoms with Gasteiger partial charge >= 0.3 is 0 Å². The maximum atomic E-state index is 9.22. The summed E-state index contributed by atoms with van der Waals surface area (Å²) in [5, 5.41) is 12.7. The quantitative estimate of drug-likeness (QED) is 0.760. The van der Waals surface area contributed by atoms with Gasteiger partial charge in [0.05, 0.1) is 6.61 Å². The largest absolute Gasteiger partial charge is 0.395 e. The van der Waals surface area contributed by atoms with Crippen molar-refractivity contribution in [3.8, 4) is 0 Å².